The third-order valence-corrected chi connectivity index (χ3v) is 4.10. The van der Waals surface area contributed by atoms with E-state index in [9.17, 15) is 4.79 Å². The van der Waals surface area contributed by atoms with Gasteiger partial charge in [0.15, 0.2) is 0 Å². The minimum Gasteiger partial charge on any atom is -0.458 e. The Hall–Kier alpha value is -1.23. The number of carbonyl (C=O) groups excluding carboxylic acids is 1. The Balaban J connectivity index is 2.00. The third kappa shape index (κ3) is 2.46. The zero-order valence-corrected chi connectivity index (χ0v) is 11.0. The molecule has 4 N–H and O–H groups in total. The summed E-state index contributed by atoms with van der Waals surface area (Å²) < 4.78 is 11.0. The van der Waals surface area contributed by atoms with Gasteiger partial charge in [-0.2, -0.15) is 0 Å². The fourth-order valence-corrected chi connectivity index (χ4v) is 3.19. The Morgan fingerprint density at radius 2 is 2.28 bits per heavy atom. The van der Waals surface area contributed by atoms with Crippen molar-refractivity contribution in [3.8, 4) is 0 Å². The third-order valence-electron chi connectivity index (χ3n) is 4.10. The van der Waals surface area contributed by atoms with E-state index in [0.29, 0.717) is 12.5 Å². The monoisotopic (exact) mass is 254 g/mol. The SMILES string of the molecule is CC1(C)CC(CCN)CC1C1OC=C(C(N)=O)O1. The molecule has 1 saturated carbocycles. The largest absolute Gasteiger partial charge is 0.458 e. The summed E-state index contributed by atoms with van der Waals surface area (Å²) in [5.74, 6) is 0.423. The van der Waals surface area contributed by atoms with Crippen molar-refractivity contribution in [2.24, 2.45) is 28.7 Å². The molecule has 2 rings (SSSR count). The van der Waals surface area contributed by atoms with Crippen molar-refractivity contribution in [1.29, 1.82) is 0 Å². The molecule has 1 amide bonds. The number of carbonyl (C=O) groups is 1. The van der Waals surface area contributed by atoms with Crippen molar-refractivity contribution in [3.63, 3.8) is 0 Å². The van der Waals surface area contributed by atoms with Crippen LogP contribution in [0.4, 0.5) is 0 Å². The number of primary amides is 1. The van der Waals surface area contributed by atoms with Gasteiger partial charge >= 0.3 is 0 Å². The predicted molar refractivity (Wildman–Crippen MR) is 66.9 cm³/mol. The quantitative estimate of drug-likeness (QED) is 0.786. The second-order valence-electron chi connectivity index (χ2n) is 5.95. The zero-order valence-electron chi connectivity index (χ0n) is 11.0. The number of rotatable bonds is 4. The molecule has 0 saturated heterocycles. The van der Waals surface area contributed by atoms with Gasteiger partial charge in [0.1, 0.15) is 6.26 Å². The number of amides is 1. The molecule has 5 heteroatoms. The van der Waals surface area contributed by atoms with Crippen LogP contribution in [0.2, 0.25) is 0 Å². The summed E-state index contributed by atoms with van der Waals surface area (Å²) in [5.41, 5.74) is 10.9. The van der Waals surface area contributed by atoms with Crippen LogP contribution in [0.3, 0.4) is 0 Å². The molecule has 0 bridgehead atoms. The van der Waals surface area contributed by atoms with Crippen LogP contribution in [0.1, 0.15) is 33.1 Å². The van der Waals surface area contributed by atoms with E-state index in [-0.39, 0.29) is 23.4 Å². The molecule has 2 aliphatic rings. The Morgan fingerprint density at radius 3 is 2.83 bits per heavy atom. The highest BCUT2D eigenvalue weighted by atomic mass is 16.7. The van der Waals surface area contributed by atoms with Crippen LogP contribution in [0.25, 0.3) is 0 Å². The van der Waals surface area contributed by atoms with E-state index in [4.69, 9.17) is 20.9 Å². The molecule has 5 nitrogen and oxygen atoms in total. The molecule has 0 aromatic carbocycles. The van der Waals surface area contributed by atoms with Crippen molar-refractivity contribution in [1.82, 2.24) is 0 Å². The summed E-state index contributed by atoms with van der Waals surface area (Å²) in [6.45, 7) is 5.14. The molecule has 3 unspecified atom stereocenters. The van der Waals surface area contributed by atoms with Crippen LogP contribution in [0, 0.1) is 17.3 Å². The summed E-state index contributed by atoms with van der Waals surface area (Å²) in [6.07, 6.45) is 4.12. The molecule has 0 aromatic heterocycles. The maximum atomic E-state index is 11.0. The first-order valence-electron chi connectivity index (χ1n) is 6.46. The van der Waals surface area contributed by atoms with E-state index in [1.165, 1.54) is 6.26 Å². The Morgan fingerprint density at radius 1 is 1.56 bits per heavy atom. The first-order chi connectivity index (χ1) is 8.44. The van der Waals surface area contributed by atoms with E-state index in [1.807, 2.05) is 0 Å². The summed E-state index contributed by atoms with van der Waals surface area (Å²) in [5, 5.41) is 0. The highest BCUT2D eigenvalue weighted by Gasteiger charge is 2.47. The van der Waals surface area contributed by atoms with E-state index < -0.39 is 5.91 Å². The standard InChI is InChI=1S/C13H22N2O3/c1-13(2)6-8(3-4-14)5-9(13)12-17-7-10(18-12)11(15)16/h7-9,12H,3-6,14H2,1-2H3,(H2,15,16). The minimum atomic E-state index is -0.577. The van der Waals surface area contributed by atoms with Crippen LogP contribution in [0.15, 0.2) is 12.0 Å². The molecule has 102 valence electrons. The van der Waals surface area contributed by atoms with Crippen LogP contribution < -0.4 is 11.5 Å². The fourth-order valence-electron chi connectivity index (χ4n) is 3.19. The van der Waals surface area contributed by atoms with E-state index in [1.54, 1.807) is 0 Å². The molecule has 0 aromatic rings. The lowest BCUT2D eigenvalue weighted by Gasteiger charge is -2.30. The van der Waals surface area contributed by atoms with Gasteiger partial charge in [0, 0.05) is 5.92 Å². The molecule has 0 spiro atoms. The Labute approximate surface area is 107 Å². The maximum Gasteiger partial charge on any atom is 0.287 e. The zero-order chi connectivity index (χ0) is 13.3. The first kappa shape index (κ1) is 13.2. The summed E-state index contributed by atoms with van der Waals surface area (Å²) in [4.78, 5) is 11.0. The second-order valence-corrected chi connectivity index (χ2v) is 5.95. The van der Waals surface area contributed by atoms with Gasteiger partial charge in [-0.15, -0.1) is 0 Å². The van der Waals surface area contributed by atoms with E-state index >= 15 is 0 Å². The summed E-state index contributed by atoms with van der Waals surface area (Å²) in [6, 6.07) is 0. The summed E-state index contributed by atoms with van der Waals surface area (Å²) >= 11 is 0. The summed E-state index contributed by atoms with van der Waals surface area (Å²) in [7, 11) is 0. The Bertz CT molecular complexity index is 365. The highest BCUT2D eigenvalue weighted by molar-refractivity contribution is 5.89. The minimum absolute atomic E-state index is 0.123. The molecule has 1 aliphatic carbocycles. The van der Waals surface area contributed by atoms with Crippen LogP contribution in [-0.4, -0.2) is 18.7 Å². The van der Waals surface area contributed by atoms with Gasteiger partial charge in [-0.3, -0.25) is 4.79 Å². The van der Waals surface area contributed by atoms with Crippen LogP contribution >= 0.6 is 0 Å². The van der Waals surface area contributed by atoms with Crippen molar-refractivity contribution in [2.75, 3.05) is 6.54 Å². The number of hydrogen-bond acceptors (Lipinski definition) is 4. The number of nitrogens with two attached hydrogens (primary N) is 2. The van der Waals surface area contributed by atoms with Crippen molar-refractivity contribution in [2.45, 2.75) is 39.4 Å². The number of hydrogen-bond donors (Lipinski definition) is 2. The fraction of sp³-hybridized carbons (Fsp3) is 0.769. The average Bonchev–Trinajstić information content (AvgIpc) is 2.83. The Kier molecular flexibility index (Phi) is 3.52. The van der Waals surface area contributed by atoms with Crippen LogP contribution in [0.5, 0.6) is 0 Å². The van der Waals surface area contributed by atoms with Crippen molar-refractivity contribution >= 4 is 5.91 Å². The van der Waals surface area contributed by atoms with Crippen molar-refractivity contribution in [3.05, 3.63) is 12.0 Å². The second kappa shape index (κ2) is 4.80. The van der Waals surface area contributed by atoms with E-state index in [0.717, 1.165) is 19.3 Å². The number of ether oxygens (including phenoxy) is 2. The molecular formula is C13H22N2O3. The molecular weight excluding hydrogens is 232 g/mol. The lowest BCUT2D eigenvalue weighted by Crippen LogP contribution is -2.31. The van der Waals surface area contributed by atoms with E-state index in [2.05, 4.69) is 13.8 Å². The predicted octanol–water partition coefficient (Wildman–Crippen LogP) is 1.09. The first-order valence-corrected chi connectivity index (χ1v) is 6.46. The smallest absolute Gasteiger partial charge is 0.287 e. The van der Waals surface area contributed by atoms with Gasteiger partial charge in [0.2, 0.25) is 12.0 Å². The van der Waals surface area contributed by atoms with Gasteiger partial charge in [-0.05, 0) is 37.1 Å². The highest BCUT2D eigenvalue weighted by Crippen LogP contribution is 2.50. The molecule has 0 radical (unpaired) electrons. The van der Waals surface area contributed by atoms with Gasteiger partial charge in [-0.25, -0.2) is 0 Å². The molecule has 1 aliphatic heterocycles. The lowest BCUT2D eigenvalue weighted by molar-refractivity contribution is -0.127. The maximum absolute atomic E-state index is 11.0. The normalized spacial score (nSPS) is 33.7. The molecule has 1 heterocycles. The van der Waals surface area contributed by atoms with Crippen LogP contribution in [-0.2, 0) is 14.3 Å². The molecule has 1 fully saturated rings. The topological polar surface area (TPSA) is 87.6 Å². The van der Waals surface area contributed by atoms with Gasteiger partial charge in [0.05, 0.1) is 0 Å². The van der Waals surface area contributed by atoms with Gasteiger partial charge in [0.25, 0.3) is 5.91 Å². The molecule has 18 heavy (non-hydrogen) atoms. The molecule has 3 atom stereocenters. The average molecular weight is 254 g/mol. The van der Waals surface area contributed by atoms with Gasteiger partial charge in [-0.1, -0.05) is 13.8 Å². The lowest BCUT2D eigenvalue weighted by atomic mass is 9.81. The van der Waals surface area contributed by atoms with Crippen molar-refractivity contribution < 1.29 is 14.3 Å². The van der Waals surface area contributed by atoms with Gasteiger partial charge < -0.3 is 20.9 Å².